The molecule has 0 aliphatic carbocycles. The quantitative estimate of drug-likeness (QED) is 0.760. The fourth-order valence-corrected chi connectivity index (χ4v) is 4.72. The van der Waals surface area contributed by atoms with Gasteiger partial charge in [-0.25, -0.2) is 0 Å². The Morgan fingerprint density at radius 3 is 2.93 bits per heavy atom. The van der Waals surface area contributed by atoms with Crippen molar-refractivity contribution in [1.29, 1.82) is 0 Å². The largest absolute Gasteiger partial charge is 0.339 e. The zero-order valence-electron chi connectivity index (χ0n) is 16.7. The van der Waals surface area contributed by atoms with E-state index in [0.717, 1.165) is 44.7 Å². The van der Waals surface area contributed by atoms with E-state index in [0.29, 0.717) is 0 Å². The summed E-state index contributed by atoms with van der Waals surface area (Å²) < 4.78 is 0. The van der Waals surface area contributed by atoms with Crippen LogP contribution in [-0.2, 0) is 11.3 Å². The van der Waals surface area contributed by atoms with Gasteiger partial charge in [-0.2, -0.15) is 0 Å². The molecule has 1 aromatic heterocycles. The zero-order chi connectivity index (χ0) is 19.4. The average Bonchev–Trinajstić information content (AvgIpc) is 3.10. The van der Waals surface area contributed by atoms with Gasteiger partial charge in [-0.3, -0.25) is 14.7 Å². The molecule has 2 aliphatic heterocycles. The lowest BCUT2D eigenvalue weighted by molar-refractivity contribution is -0.125. The summed E-state index contributed by atoms with van der Waals surface area (Å²) in [6.07, 6.45) is 10.7. The minimum Gasteiger partial charge on any atom is -0.339 e. The second-order valence-electron chi connectivity index (χ2n) is 8.43. The molecule has 4 heteroatoms. The lowest BCUT2D eigenvalue weighted by atomic mass is 9.79. The highest BCUT2D eigenvalue weighted by molar-refractivity contribution is 5.92. The monoisotopic (exact) mass is 375 g/mol. The predicted molar refractivity (Wildman–Crippen MR) is 113 cm³/mol. The van der Waals surface area contributed by atoms with Gasteiger partial charge >= 0.3 is 0 Å². The molecule has 3 heterocycles. The van der Waals surface area contributed by atoms with Gasteiger partial charge in [0.05, 0.1) is 0 Å². The number of hydrogen-bond acceptors (Lipinski definition) is 3. The van der Waals surface area contributed by atoms with Crippen molar-refractivity contribution in [3.63, 3.8) is 0 Å². The molecule has 0 saturated carbocycles. The summed E-state index contributed by atoms with van der Waals surface area (Å²) in [5, 5.41) is 0. The maximum Gasteiger partial charge on any atom is 0.246 e. The Labute approximate surface area is 167 Å². The first-order valence-electron chi connectivity index (χ1n) is 10.3. The van der Waals surface area contributed by atoms with Gasteiger partial charge in [0, 0.05) is 50.1 Å². The molecule has 1 spiro atoms. The molecule has 146 valence electrons. The van der Waals surface area contributed by atoms with Crippen LogP contribution in [0.5, 0.6) is 0 Å². The molecular weight excluding hydrogens is 346 g/mol. The third kappa shape index (κ3) is 4.50. The molecule has 1 atom stereocenters. The van der Waals surface area contributed by atoms with Gasteiger partial charge in [-0.15, -0.1) is 0 Å². The minimum atomic E-state index is 0.122. The average molecular weight is 376 g/mol. The highest BCUT2D eigenvalue weighted by Gasteiger charge is 2.42. The van der Waals surface area contributed by atoms with E-state index >= 15 is 0 Å². The molecule has 2 fully saturated rings. The van der Waals surface area contributed by atoms with Gasteiger partial charge in [0.15, 0.2) is 0 Å². The number of benzene rings is 1. The predicted octanol–water partition coefficient (Wildman–Crippen LogP) is 3.92. The first-order valence-corrected chi connectivity index (χ1v) is 10.3. The number of amides is 1. The number of hydrogen-bond donors (Lipinski definition) is 0. The number of piperidine rings is 1. The van der Waals surface area contributed by atoms with Crippen LogP contribution in [0.15, 0.2) is 54.9 Å². The minimum absolute atomic E-state index is 0.122. The Kier molecular flexibility index (Phi) is 5.58. The Morgan fingerprint density at radius 2 is 2.11 bits per heavy atom. The van der Waals surface area contributed by atoms with Crippen molar-refractivity contribution in [3.05, 3.63) is 71.6 Å². The summed E-state index contributed by atoms with van der Waals surface area (Å²) >= 11 is 0. The molecule has 2 saturated heterocycles. The number of aromatic nitrogens is 1. The topological polar surface area (TPSA) is 36.4 Å². The van der Waals surface area contributed by atoms with E-state index in [1.54, 1.807) is 18.5 Å². The fourth-order valence-electron chi connectivity index (χ4n) is 4.72. The normalized spacial score (nSPS) is 23.0. The van der Waals surface area contributed by atoms with E-state index < -0.39 is 0 Å². The summed E-state index contributed by atoms with van der Waals surface area (Å²) in [7, 11) is 0. The maximum absolute atomic E-state index is 12.7. The third-order valence-electron chi connectivity index (χ3n) is 6.08. The molecule has 1 aromatic carbocycles. The molecular formula is C24H29N3O. The van der Waals surface area contributed by atoms with Crippen molar-refractivity contribution in [2.45, 2.75) is 32.7 Å². The van der Waals surface area contributed by atoms with Crippen LogP contribution in [0, 0.1) is 12.3 Å². The summed E-state index contributed by atoms with van der Waals surface area (Å²) in [5.74, 6) is 0.122. The van der Waals surface area contributed by atoms with E-state index in [1.165, 1.54) is 24.0 Å². The van der Waals surface area contributed by atoms with Crippen molar-refractivity contribution >= 4 is 12.0 Å². The smallest absolute Gasteiger partial charge is 0.246 e. The molecule has 2 aliphatic rings. The summed E-state index contributed by atoms with van der Waals surface area (Å²) in [4.78, 5) is 21.4. The van der Waals surface area contributed by atoms with Gasteiger partial charge in [0.2, 0.25) is 5.91 Å². The summed E-state index contributed by atoms with van der Waals surface area (Å²) in [6, 6.07) is 12.7. The lowest BCUT2D eigenvalue weighted by Crippen LogP contribution is -2.44. The molecule has 4 nitrogen and oxygen atoms in total. The molecule has 0 bridgehead atoms. The van der Waals surface area contributed by atoms with Crippen LogP contribution in [0.25, 0.3) is 6.08 Å². The molecule has 2 aromatic rings. The molecule has 28 heavy (non-hydrogen) atoms. The van der Waals surface area contributed by atoms with Crippen LogP contribution in [0.1, 0.15) is 36.0 Å². The van der Waals surface area contributed by atoms with Gasteiger partial charge in [0.25, 0.3) is 0 Å². The van der Waals surface area contributed by atoms with Gasteiger partial charge < -0.3 is 4.90 Å². The molecule has 1 amide bonds. The SMILES string of the molecule is Cc1cccc(CN2CCCC3(CCN(C(=O)C=Cc4cccnc4)C3)C2)c1. The van der Waals surface area contributed by atoms with E-state index in [1.807, 2.05) is 23.1 Å². The van der Waals surface area contributed by atoms with Crippen molar-refractivity contribution in [3.8, 4) is 0 Å². The van der Waals surface area contributed by atoms with Crippen LogP contribution in [0.4, 0.5) is 0 Å². The first-order chi connectivity index (χ1) is 13.6. The van der Waals surface area contributed by atoms with Crippen LogP contribution in [-0.4, -0.2) is 46.9 Å². The number of aryl methyl sites for hydroxylation is 1. The highest BCUT2D eigenvalue weighted by atomic mass is 16.2. The first kappa shape index (κ1) is 18.9. The second-order valence-corrected chi connectivity index (χ2v) is 8.43. The van der Waals surface area contributed by atoms with Crippen LogP contribution >= 0.6 is 0 Å². The van der Waals surface area contributed by atoms with Crippen molar-refractivity contribution in [2.75, 3.05) is 26.2 Å². The Hall–Kier alpha value is -2.46. The number of rotatable bonds is 4. The van der Waals surface area contributed by atoms with Crippen molar-refractivity contribution in [1.82, 2.24) is 14.8 Å². The van der Waals surface area contributed by atoms with Crippen LogP contribution in [0.3, 0.4) is 0 Å². The standard InChI is InChI=1S/C24H29N3O/c1-20-5-2-6-22(15-20)17-26-13-4-10-24(18-26)11-14-27(19-24)23(28)9-8-21-7-3-12-25-16-21/h2-3,5-9,12,15-16H,4,10-11,13-14,17-19H2,1H3. The van der Waals surface area contributed by atoms with E-state index in [9.17, 15) is 4.79 Å². The molecule has 0 N–H and O–H groups in total. The second kappa shape index (κ2) is 8.27. The number of carbonyl (C=O) groups excluding carboxylic acids is 1. The van der Waals surface area contributed by atoms with Gasteiger partial charge in [-0.05, 0) is 56.0 Å². The zero-order valence-corrected chi connectivity index (χ0v) is 16.7. The van der Waals surface area contributed by atoms with Crippen molar-refractivity contribution in [2.24, 2.45) is 5.41 Å². The molecule has 1 unspecified atom stereocenters. The summed E-state index contributed by atoms with van der Waals surface area (Å²) in [5.41, 5.74) is 3.94. The van der Waals surface area contributed by atoms with E-state index in [-0.39, 0.29) is 11.3 Å². The van der Waals surface area contributed by atoms with Gasteiger partial charge in [-0.1, -0.05) is 35.9 Å². The Balaban J connectivity index is 1.36. The van der Waals surface area contributed by atoms with E-state index in [2.05, 4.69) is 41.1 Å². The summed E-state index contributed by atoms with van der Waals surface area (Å²) in [6.45, 7) is 7.17. The molecule has 4 rings (SSSR count). The van der Waals surface area contributed by atoms with Crippen LogP contribution in [0.2, 0.25) is 0 Å². The lowest BCUT2D eigenvalue weighted by Gasteiger charge is -2.40. The van der Waals surface area contributed by atoms with Gasteiger partial charge in [0.1, 0.15) is 0 Å². The highest BCUT2D eigenvalue weighted by Crippen LogP contribution is 2.39. The molecule has 0 radical (unpaired) electrons. The van der Waals surface area contributed by atoms with E-state index in [4.69, 9.17) is 0 Å². The number of carbonyl (C=O) groups is 1. The number of pyridine rings is 1. The third-order valence-corrected chi connectivity index (χ3v) is 6.08. The number of nitrogens with zero attached hydrogens (tertiary/aromatic N) is 3. The fraction of sp³-hybridized carbons (Fsp3) is 0.417. The Bertz CT molecular complexity index is 848. The number of likely N-dealkylation sites (tertiary alicyclic amines) is 2. The van der Waals surface area contributed by atoms with Crippen molar-refractivity contribution < 1.29 is 4.79 Å². The van der Waals surface area contributed by atoms with Crippen LogP contribution < -0.4 is 0 Å². The Morgan fingerprint density at radius 1 is 1.18 bits per heavy atom. The maximum atomic E-state index is 12.7.